The zero-order valence-corrected chi connectivity index (χ0v) is 43.0. The molecule has 0 saturated heterocycles. The normalized spacial score (nSPS) is 11.8. The van der Waals surface area contributed by atoms with Gasteiger partial charge in [-0.3, -0.25) is 4.98 Å². The predicted octanol–water partition coefficient (Wildman–Crippen LogP) is 14.6. The summed E-state index contributed by atoms with van der Waals surface area (Å²) in [6.07, 6.45) is 2.16. The van der Waals surface area contributed by atoms with Gasteiger partial charge in [-0.15, -0.1) is 35.9 Å². The van der Waals surface area contributed by atoms with Crippen LogP contribution in [0.5, 0.6) is 0 Å². The summed E-state index contributed by atoms with van der Waals surface area (Å²) in [4.78, 5) is 5.18. The first-order valence-electron chi connectivity index (χ1n) is 22.4. The van der Waals surface area contributed by atoms with Crippen molar-refractivity contribution in [1.82, 2.24) is 9.55 Å². The van der Waals surface area contributed by atoms with Crippen LogP contribution in [0.4, 0.5) is 4.39 Å². The van der Waals surface area contributed by atoms with Gasteiger partial charge in [-0.05, 0) is 75.4 Å². The SMILES string of the molecule is CC(C)c1cc(-c2ccc(C(C)(C)C)cc2)cc(C(C)C)c1-n1c(-c2[c-]ccc3c2oc2c(F)c(C#N)ccc23)nc2ccccc21.[CH2-]c1ccccc1-c1ccc([Si](C)(C)C)c[n+]1[CH2-].[Ir+3]. The van der Waals surface area contributed by atoms with Gasteiger partial charge in [0.05, 0.1) is 48.0 Å². The third kappa shape index (κ3) is 9.01. The summed E-state index contributed by atoms with van der Waals surface area (Å²) >= 11 is 0. The Hall–Kier alpha value is -6.23. The Labute approximate surface area is 404 Å². The van der Waals surface area contributed by atoms with Crippen LogP contribution in [0.2, 0.25) is 19.6 Å². The Balaban J connectivity index is 0.000000287. The van der Waals surface area contributed by atoms with Crippen LogP contribution < -0.4 is 9.75 Å². The van der Waals surface area contributed by atoms with E-state index in [1.807, 2.05) is 59.2 Å². The third-order valence-electron chi connectivity index (χ3n) is 12.4. The fraction of sp³-hybridized carbons (Fsp3) is 0.224. The van der Waals surface area contributed by atoms with Gasteiger partial charge in [0, 0.05) is 18.1 Å². The Morgan fingerprint density at radius 2 is 1.44 bits per heavy atom. The minimum Gasteiger partial charge on any atom is -0.497 e. The quantitative estimate of drug-likeness (QED) is 0.0908. The zero-order chi connectivity index (χ0) is 46.5. The van der Waals surface area contributed by atoms with Gasteiger partial charge in [0.25, 0.3) is 0 Å². The fourth-order valence-electron chi connectivity index (χ4n) is 8.60. The smallest absolute Gasteiger partial charge is 0.497 e. The Morgan fingerprint density at radius 1 is 0.803 bits per heavy atom. The van der Waals surface area contributed by atoms with Crippen LogP contribution in [0.1, 0.15) is 88.1 Å². The predicted molar refractivity (Wildman–Crippen MR) is 270 cm³/mol. The van der Waals surface area contributed by atoms with Gasteiger partial charge in [0.15, 0.2) is 11.4 Å². The zero-order valence-electron chi connectivity index (χ0n) is 39.6. The molecule has 0 atom stereocenters. The average Bonchev–Trinajstić information content (AvgIpc) is 3.85. The van der Waals surface area contributed by atoms with Crippen molar-refractivity contribution in [3.63, 3.8) is 0 Å². The van der Waals surface area contributed by atoms with E-state index >= 15 is 4.39 Å². The van der Waals surface area contributed by atoms with E-state index in [0.717, 1.165) is 38.9 Å². The van der Waals surface area contributed by atoms with Gasteiger partial charge >= 0.3 is 20.1 Å². The molecule has 9 rings (SSSR count). The molecule has 334 valence electrons. The van der Waals surface area contributed by atoms with Crippen molar-refractivity contribution in [2.45, 2.75) is 85.4 Å². The first kappa shape index (κ1) is 47.7. The number of fused-ring (bicyclic) bond motifs is 4. The summed E-state index contributed by atoms with van der Waals surface area (Å²) < 4.78 is 25.8. The van der Waals surface area contributed by atoms with Gasteiger partial charge in [0.2, 0.25) is 0 Å². The number of para-hydroxylation sites is 2. The van der Waals surface area contributed by atoms with E-state index in [1.54, 1.807) is 6.07 Å². The molecule has 3 heterocycles. The monoisotopic (exact) mass is 1070 g/mol. The van der Waals surface area contributed by atoms with Crippen LogP contribution in [0.25, 0.3) is 72.4 Å². The van der Waals surface area contributed by atoms with Crippen molar-refractivity contribution in [1.29, 1.82) is 5.26 Å². The Kier molecular flexibility index (Phi) is 13.4. The second-order valence-corrected chi connectivity index (χ2v) is 24.8. The maximum Gasteiger partial charge on any atom is 3.00 e. The number of halogens is 1. The Morgan fingerprint density at radius 3 is 2.05 bits per heavy atom. The Bertz CT molecular complexity index is 3260. The molecule has 9 aromatic rings. The summed E-state index contributed by atoms with van der Waals surface area (Å²) in [5.41, 5.74) is 13.5. The summed E-state index contributed by atoms with van der Waals surface area (Å²) in [5.74, 6) is 0.420. The van der Waals surface area contributed by atoms with E-state index < -0.39 is 13.9 Å². The molecule has 6 aromatic carbocycles. The summed E-state index contributed by atoms with van der Waals surface area (Å²) in [6.45, 7) is 26.7. The van der Waals surface area contributed by atoms with Crippen LogP contribution in [0, 0.1) is 37.2 Å². The van der Waals surface area contributed by atoms with Crippen molar-refractivity contribution in [2.75, 3.05) is 0 Å². The van der Waals surface area contributed by atoms with Crippen molar-refractivity contribution in [3.8, 4) is 45.5 Å². The first-order valence-corrected chi connectivity index (χ1v) is 25.9. The number of nitrogens with zero attached hydrogens (tertiary/aromatic N) is 4. The van der Waals surface area contributed by atoms with E-state index in [0.29, 0.717) is 22.4 Å². The van der Waals surface area contributed by atoms with Gasteiger partial charge < -0.3 is 13.6 Å². The van der Waals surface area contributed by atoms with E-state index in [2.05, 4.69) is 160 Å². The second kappa shape index (κ2) is 18.6. The number of hydrogen-bond acceptors (Lipinski definition) is 3. The molecule has 8 heteroatoms. The first-order chi connectivity index (χ1) is 30.9. The van der Waals surface area contributed by atoms with Crippen molar-refractivity contribution >= 4 is 46.2 Å². The molecule has 0 fully saturated rings. The molecule has 0 saturated carbocycles. The number of aromatic nitrogens is 3. The van der Waals surface area contributed by atoms with E-state index in [9.17, 15) is 5.26 Å². The molecule has 66 heavy (non-hydrogen) atoms. The summed E-state index contributed by atoms with van der Waals surface area (Å²) in [6, 6.07) is 46.6. The number of nitriles is 1. The number of pyridine rings is 1. The number of imidazole rings is 1. The molecule has 0 amide bonds. The minimum atomic E-state index is -1.28. The maximum absolute atomic E-state index is 15.3. The van der Waals surface area contributed by atoms with Crippen LogP contribution in [0.3, 0.4) is 0 Å². The molecule has 3 aromatic heterocycles. The fourth-order valence-corrected chi connectivity index (χ4v) is 9.72. The largest absolute Gasteiger partial charge is 3.00 e. The van der Waals surface area contributed by atoms with Crippen LogP contribution in [-0.2, 0) is 25.5 Å². The number of furan rings is 1. The molecule has 5 nitrogen and oxygen atoms in total. The van der Waals surface area contributed by atoms with Gasteiger partial charge in [-0.2, -0.15) is 23.8 Å². The molecular weight excluding hydrogens is 1010 g/mol. The summed E-state index contributed by atoms with van der Waals surface area (Å²) in [5, 5.41) is 12.2. The minimum absolute atomic E-state index is 0. The molecule has 0 aliphatic rings. The maximum atomic E-state index is 15.3. The number of hydrogen-bond donors (Lipinski definition) is 0. The topological polar surface area (TPSA) is 58.6 Å². The van der Waals surface area contributed by atoms with Crippen LogP contribution >= 0.6 is 0 Å². The molecule has 0 spiro atoms. The van der Waals surface area contributed by atoms with Crippen molar-refractivity contribution in [2.24, 2.45) is 0 Å². The van der Waals surface area contributed by atoms with Gasteiger partial charge in [-0.25, -0.2) is 4.39 Å². The molecule has 0 aliphatic carbocycles. The van der Waals surface area contributed by atoms with Crippen LogP contribution in [0.15, 0.2) is 132 Å². The van der Waals surface area contributed by atoms with Crippen molar-refractivity contribution < 1.29 is 33.5 Å². The average molecular weight is 1070 g/mol. The third-order valence-corrected chi connectivity index (χ3v) is 14.4. The standard InChI is InChI=1S/C42H37FN3O.C16H20NSi.Ir/c1-24(2)33-21-28(26-15-18-29(19-16-26)42(5,6)7)22-34(25(3)4)38(33)46-36-14-9-8-13-35(36)45-41(46)32-12-10-11-30-31-20-17-27(23-44)37(43)40(31)47-39(30)32;1-13-8-6-7-9-15(13)16-11-10-14(12-17(16)2)18(3,4)5;/h8-11,13-22,24-25H,1-7H3;6-12H,1-2H2,3-5H3;/q2*-1;+3. The van der Waals surface area contributed by atoms with Crippen LogP contribution in [-0.4, -0.2) is 17.6 Å². The summed E-state index contributed by atoms with van der Waals surface area (Å²) in [7, 11) is 2.84. The molecule has 0 unspecified atom stereocenters. The van der Waals surface area contributed by atoms with E-state index in [4.69, 9.17) is 9.40 Å². The molecular formula is C58H57FIrN4OSi+. The molecule has 0 aliphatic heterocycles. The van der Waals surface area contributed by atoms with E-state index in [1.165, 1.54) is 39.1 Å². The van der Waals surface area contributed by atoms with E-state index in [-0.39, 0.29) is 48.5 Å². The van der Waals surface area contributed by atoms with Gasteiger partial charge in [-0.1, -0.05) is 145 Å². The number of rotatable bonds is 7. The molecule has 0 N–H and O–H groups in total. The number of benzene rings is 6. The molecule has 0 radical (unpaired) electrons. The molecule has 0 bridgehead atoms. The van der Waals surface area contributed by atoms with Crippen molar-refractivity contribution in [3.05, 3.63) is 181 Å². The second-order valence-electron chi connectivity index (χ2n) is 19.7. The van der Waals surface area contributed by atoms with Gasteiger partial charge in [0.1, 0.15) is 6.07 Å².